The van der Waals surface area contributed by atoms with Crippen molar-refractivity contribution in [3.8, 4) is 0 Å². The molecule has 1 amide bonds. The maximum atomic E-state index is 12.9. The van der Waals surface area contributed by atoms with Crippen molar-refractivity contribution in [3.63, 3.8) is 0 Å². The maximum Gasteiger partial charge on any atom is 0.256 e. The topological polar surface area (TPSA) is 58.4 Å². The van der Waals surface area contributed by atoms with Crippen molar-refractivity contribution < 1.29 is 9.32 Å². The molecule has 1 saturated carbocycles. The van der Waals surface area contributed by atoms with Crippen LogP contribution in [0, 0.1) is 6.92 Å². The molecule has 0 radical (unpaired) electrons. The monoisotopic (exact) mass is 347 g/mol. The van der Waals surface area contributed by atoms with Gasteiger partial charge in [0.05, 0.1) is 5.69 Å². The molecule has 0 bridgehead atoms. The van der Waals surface area contributed by atoms with Crippen LogP contribution in [0.15, 0.2) is 4.52 Å². The van der Waals surface area contributed by atoms with E-state index < -0.39 is 0 Å². The first-order valence-electron chi connectivity index (χ1n) is 10.0. The summed E-state index contributed by atoms with van der Waals surface area (Å²) in [4.78, 5) is 15.6. The lowest BCUT2D eigenvalue weighted by Gasteiger charge is -2.48. The number of rotatable bonds is 5. The molecule has 1 aliphatic heterocycles. The van der Waals surface area contributed by atoms with Gasteiger partial charge in [0.1, 0.15) is 5.56 Å². The number of aryl methyl sites for hydroxylation is 1. The number of nitrogens with one attached hydrogen (secondary N) is 1. The van der Waals surface area contributed by atoms with E-state index in [-0.39, 0.29) is 17.4 Å². The first-order valence-corrected chi connectivity index (χ1v) is 10.0. The van der Waals surface area contributed by atoms with Gasteiger partial charge < -0.3 is 9.84 Å². The van der Waals surface area contributed by atoms with Crippen molar-refractivity contribution in [2.24, 2.45) is 0 Å². The van der Waals surface area contributed by atoms with Crippen LogP contribution in [0.4, 0.5) is 0 Å². The van der Waals surface area contributed by atoms with Crippen molar-refractivity contribution in [2.75, 3.05) is 19.6 Å². The minimum Gasteiger partial charge on any atom is -0.360 e. The molecule has 0 spiro atoms. The van der Waals surface area contributed by atoms with Gasteiger partial charge in [-0.1, -0.05) is 44.7 Å². The molecule has 5 nitrogen and oxygen atoms in total. The number of amides is 1. The molecule has 1 saturated heterocycles. The Balaban J connectivity index is 1.73. The van der Waals surface area contributed by atoms with E-state index in [0.717, 1.165) is 6.54 Å². The lowest BCUT2D eigenvalue weighted by atomic mass is 9.79. The minimum absolute atomic E-state index is 0.0237. The van der Waals surface area contributed by atoms with Gasteiger partial charge in [-0.25, -0.2) is 0 Å². The highest BCUT2D eigenvalue weighted by Gasteiger charge is 2.39. The molecular weight excluding hydrogens is 314 g/mol. The van der Waals surface area contributed by atoms with Crippen LogP contribution in [0.25, 0.3) is 0 Å². The Morgan fingerprint density at radius 1 is 1.16 bits per heavy atom. The van der Waals surface area contributed by atoms with Gasteiger partial charge in [0.25, 0.3) is 5.91 Å². The van der Waals surface area contributed by atoms with Gasteiger partial charge in [-0.3, -0.25) is 9.69 Å². The molecule has 140 valence electrons. The summed E-state index contributed by atoms with van der Waals surface area (Å²) in [7, 11) is 0. The van der Waals surface area contributed by atoms with Gasteiger partial charge >= 0.3 is 0 Å². The van der Waals surface area contributed by atoms with Crippen molar-refractivity contribution in [2.45, 2.75) is 83.6 Å². The highest BCUT2D eigenvalue weighted by Crippen LogP contribution is 2.35. The summed E-state index contributed by atoms with van der Waals surface area (Å²) in [6, 6.07) is 0. The molecule has 1 N–H and O–H groups in total. The molecule has 5 heteroatoms. The Bertz CT molecular complexity index is 582. The van der Waals surface area contributed by atoms with Crippen LogP contribution in [0.1, 0.15) is 92.9 Å². The normalized spacial score (nSPS) is 21.4. The van der Waals surface area contributed by atoms with Crippen LogP contribution in [0.2, 0.25) is 0 Å². The first-order chi connectivity index (χ1) is 12.0. The number of likely N-dealkylation sites (tertiary alicyclic amines) is 1. The number of nitrogens with zero attached hydrogens (tertiary/aromatic N) is 2. The van der Waals surface area contributed by atoms with Crippen molar-refractivity contribution in [1.82, 2.24) is 15.4 Å². The molecule has 1 aromatic heterocycles. The second-order valence-electron chi connectivity index (χ2n) is 8.18. The molecule has 2 aliphatic rings. The van der Waals surface area contributed by atoms with Crippen LogP contribution >= 0.6 is 0 Å². The summed E-state index contributed by atoms with van der Waals surface area (Å²) in [5, 5.41) is 7.26. The van der Waals surface area contributed by atoms with E-state index in [1.807, 2.05) is 20.8 Å². The van der Waals surface area contributed by atoms with E-state index in [1.54, 1.807) is 0 Å². The van der Waals surface area contributed by atoms with Crippen LogP contribution in [0.3, 0.4) is 0 Å². The van der Waals surface area contributed by atoms with Gasteiger partial charge in [-0.2, -0.15) is 0 Å². The fourth-order valence-corrected chi connectivity index (χ4v) is 4.57. The number of hydrogen-bond acceptors (Lipinski definition) is 4. The van der Waals surface area contributed by atoms with E-state index in [9.17, 15) is 4.79 Å². The van der Waals surface area contributed by atoms with E-state index in [1.165, 1.54) is 64.5 Å². The Labute approximate surface area is 151 Å². The molecule has 0 unspecified atom stereocenters. The summed E-state index contributed by atoms with van der Waals surface area (Å²) >= 11 is 0. The van der Waals surface area contributed by atoms with Gasteiger partial charge in [0.2, 0.25) is 0 Å². The quantitative estimate of drug-likeness (QED) is 0.874. The van der Waals surface area contributed by atoms with Gasteiger partial charge in [-0.05, 0) is 45.7 Å². The van der Waals surface area contributed by atoms with Crippen LogP contribution in [-0.4, -0.2) is 41.1 Å². The molecule has 2 fully saturated rings. The van der Waals surface area contributed by atoms with Gasteiger partial charge in [0.15, 0.2) is 5.76 Å². The van der Waals surface area contributed by atoms with Crippen molar-refractivity contribution >= 4 is 5.91 Å². The number of carbonyl (C=O) groups excluding carboxylic acids is 1. The molecule has 3 rings (SSSR count). The largest absolute Gasteiger partial charge is 0.360 e. The number of carbonyl (C=O) groups is 1. The lowest BCUT2D eigenvalue weighted by molar-refractivity contribution is 0.0326. The summed E-state index contributed by atoms with van der Waals surface area (Å²) in [5.74, 6) is 0.836. The fraction of sp³-hybridized carbons (Fsp3) is 0.800. The highest BCUT2D eigenvalue weighted by molar-refractivity contribution is 5.96. The molecule has 25 heavy (non-hydrogen) atoms. The van der Waals surface area contributed by atoms with E-state index in [4.69, 9.17) is 4.52 Å². The number of hydrogen-bond donors (Lipinski definition) is 1. The van der Waals surface area contributed by atoms with Crippen LogP contribution < -0.4 is 5.32 Å². The smallest absolute Gasteiger partial charge is 0.256 e. The SMILES string of the molecule is Cc1noc(C(C)C)c1C(=O)NCC1(N2CCCCC2)CCCCC1. The zero-order valence-electron chi connectivity index (χ0n) is 16.1. The average Bonchev–Trinajstić information content (AvgIpc) is 3.03. The Morgan fingerprint density at radius 2 is 1.80 bits per heavy atom. The average molecular weight is 348 g/mol. The number of piperidine rings is 1. The van der Waals surface area contributed by atoms with E-state index in [0.29, 0.717) is 17.0 Å². The van der Waals surface area contributed by atoms with Gasteiger partial charge in [0, 0.05) is 18.0 Å². The van der Waals surface area contributed by atoms with Crippen LogP contribution in [0.5, 0.6) is 0 Å². The highest BCUT2D eigenvalue weighted by atomic mass is 16.5. The molecule has 2 heterocycles. The molecular formula is C20H33N3O2. The summed E-state index contributed by atoms with van der Waals surface area (Å²) in [6.07, 6.45) is 10.2. The maximum absolute atomic E-state index is 12.9. The molecule has 0 atom stereocenters. The number of aromatic nitrogens is 1. The molecule has 1 aliphatic carbocycles. The van der Waals surface area contributed by atoms with E-state index >= 15 is 0 Å². The summed E-state index contributed by atoms with van der Waals surface area (Å²) in [5.41, 5.74) is 1.48. The Hall–Kier alpha value is -1.36. The third-order valence-corrected chi connectivity index (χ3v) is 6.03. The Kier molecular flexibility index (Phi) is 5.82. The predicted octanol–water partition coefficient (Wildman–Crippen LogP) is 4.03. The van der Waals surface area contributed by atoms with Crippen molar-refractivity contribution in [1.29, 1.82) is 0 Å². The molecule has 1 aromatic rings. The summed E-state index contributed by atoms with van der Waals surface area (Å²) in [6.45, 7) is 9.03. The standard InChI is InChI=1S/C20H33N3O2/c1-15(2)18-17(16(3)22-25-18)19(24)21-14-20(10-6-4-7-11-20)23-12-8-5-9-13-23/h15H,4-14H2,1-3H3,(H,21,24). The van der Waals surface area contributed by atoms with Gasteiger partial charge in [-0.15, -0.1) is 0 Å². The second-order valence-corrected chi connectivity index (χ2v) is 8.18. The predicted molar refractivity (Wildman–Crippen MR) is 98.9 cm³/mol. The van der Waals surface area contributed by atoms with Crippen molar-refractivity contribution in [3.05, 3.63) is 17.0 Å². The first kappa shape index (κ1) is 18.4. The second kappa shape index (κ2) is 7.90. The minimum atomic E-state index is -0.0237. The fourth-order valence-electron chi connectivity index (χ4n) is 4.57. The summed E-state index contributed by atoms with van der Waals surface area (Å²) < 4.78 is 5.39. The lowest BCUT2D eigenvalue weighted by Crippen LogP contribution is -2.58. The third-order valence-electron chi connectivity index (χ3n) is 6.03. The van der Waals surface area contributed by atoms with E-state index in [2.05, 4.69) is 15.4 Å². The third kappa shape index (κ3) is 3.91. The zero-order chi connectivity index (χ0) is 17.9. The molecule has 0 aromatic carbocycles. The zero-order valence-corrected chi connectivity index (χ0v) is 16.1. The Morgan fingerprint density at radius 3 is 2.44 bits per heavy atom. The van der Waals surface area contributed by atoms with Crippen LogP contribution in [-0.2, 0) is 0 Å².